The summed E-state index contributed by atoms with van der Waals surface area (Å²) in [6.07, 6.45) is -1.29. The molecule has 1 rings (SSSR count). The lowest BCUT2D eigenvalue weighted by molar-refractivity contribution is -0.0891. The number of nitrogens with one attached hydrogen (secondary N) is 1. The molecule has 5 nitrogen and oxygen atoms in total. The molecule has 0 bridgehead atoms. The summed E-state index contributed by atoms with van der Waals surface area (Å²) in [5.41, 5.74) is 0. The van der Waals surface area contributed by atoms with Gasteiger partial charge in [0.15, 0.2) is 25.0 Å². The van der Waals surface area contributed by atoms with Crippen LogP contribution in [-0.4, -0.2) is 67.6 Å². The molecule has 0 saturated carbocycles. The Bertz CT molecular complexity index is 616. The molecule has 0 aromatic heterocycles. The molecule has 0 aliphatic carbocycles. The predicted molar refractivity (Wildman–Crippen MR) is 145 cm³/mol. The average Bonchev–Trinajstić information content (AvgIpc) is 2.54. The Hall–Kier alpha value is 0.451. The molecule has 192 valence electrons. The Morgan fingerprint density at radius 2 is 1.12 bits per heavy atom. The van der Waals surface area contributed by atoms with Gasteiger partial charge in [-0.15, -0.1) is 0 Å². The third-order valence-corrected chi connectivity index (χ3v) is 22.1. The molecule has 2 N–H and O–H groups in total. The van der Waals surface area contributed by atoms with Gasteiger partial charge in [-0.3, -0.25) is 0 Å². The zero-order chi connectivity index (χ0) is 25.6. The van der Waals surface area contributed by atoms with E-state index >= 15 is 0 Å². The van der Waals surface area contributed by atoms with E-state index in [1.807, 2.05) is 0 Å². The first-order chi connectivity index (χ1) is 13.9. The minimum atomic E-state index is -2.10. The highest BCUT2D eigenvalue weighted by molar-refractivity contribution is 6.75. The van der Waals surface area contributed by atoms with E-state index in [-0.39, 0.29) is 33.4 Å². The Kier molecular flexibility index (Phi) is 9.37. The lowest BCUT2D eigenvalue weighted by Gasteiger charge is -2.50. The molecule has 1 aliphatic heterocycles. The van der Waals surface area contributed by atoms with Crippen LogP contribution in [0, 0.1) is 0 Å². The lowest BCUT2D eigenvalue weighted by Crippen LogP contribution is -2.67. The smallest absolute Gasteiger partial charge is 0.192 e. The third kappa shape index (κ3) is 7.23. The molecule has 1 heterocycles. The monoisotopic (exact) mass is 505 g/mol. The summed E-state index contributed by atoms with van der Waals surface area (Å²) >= 11 is 0. The Balaban J connectivity index is 3.16. The van der Waals surface area contributed by atoms with Crippen LogP contribution in [0.2, 0.25) is 54.4 Å². The molecule has 0 radical (unpaired) electrons. The zero-order valence-electron chi connectivity index (χ0n) is 23.9. The molecule has 4 atom stereocenters. The topological polar surface area (TPSA) is 60.0 Å². The molecule has 1 saturated heterocycles. The van der Waals surface area contributed by atoms with Gasteiger partial charge in [-0.25, -0.2) is 0 Å². The van der Waals surface area contributed by atoms with Crippen LogP contribution < -0.4 is 5.32 Å². The summed E-state index contributed by atoms with van der Waals surface area (Å²) < 4.78 is 20.1. The maximum Gasteiger partial charge on any atom is 0.192 e. The molecule has 8 heteroatoms. The number of piperidine rings is 1. The fourth-order valence-corrected chi connectivity index (χ4v) is 6.66. The van der Waals surface area contributed by atoms with Gasteiger partial charge in [-0.2, -0.15) is 0 Å². The van der Waals surface area contributed by atoms with Crippen molar-refractivity contribution in [1.29, 1.82) is 0 Å². The standard InChI is InChI=1S/C24H55NO4Si3/c1-22(2,3)30(10,11)27-17-18-21(29-32(14,15)24(7,8)9)20(26)19(16-25-18)28-31(12,13)23(4,5)6/h18-21,25-26H,16-17H2,1-15H3/t18-,19+,20-,21-/m1/s1. The van der Waals surface area contributed by atoms with Gasteiger partial charge in [-0.05, 0) is 54.4 Å². The van der Waals surface area contributed by atoms with Crippen LogP contribution in [0.3, 0.4) is 0 Å². The van der Waals surface area contributed by atoms with E-state index in [2.05, 4.69) is 107 Å². The van der Waals surface area contributed by atoms with Crippen LogP contribution in [0.5, 0.6) is 0 Å². The van der Waals surface area contributed by atoms with Gasteiger partial charge < -0.3 is 23.7 Å². The molecule has 0 unspecified atom stereocenters. The fourth-order valence-electron chi connectivity index (χ4n) is 2.96. The highest BCUT2D eigenvalue weighted by Crippen LogP contribution is 2.41. The Morgan fingerprint density at radius 1 is 0.719 bits per heavy atom. The van der Waals surface area contributed by atoms with Crippen molar-refractivity contribution >= 4 is 25.0 Å². The van der Waals surface area contributed by atoms with Crippen molar-refractivity contribution in [2.24, 2.45) is 0 Å². The Labute approximate surface area is 202 Å². The molecule has 0 spiro atoms. The summed E-state index contributed by atoms with van der Waals surface area (Å²) in [7, 11) is -6.03. The molecule has 0 aromatic carbocycles. The molecule has 1 fully saturated rings. The van der Waals surface area contributed by atoms with E-state index in [9.17, 15) is 5.11 Å². The van der Waals surface area contributed by atoms with Gasteiger partial charge in [0.2, 0.25) is 0 Å². The quantitative estimate of drug-likeness (QED) is 0.408. The number of aliphatic hydroxyl groups is 1. The first-order valence-corrected chi connectivity index (χ1v) is 21.1. The number of hydrogen-bond acceptors (Lipinski definition) is 5. The van der Waals surface area contributed by atoms with E-state index < -0.39 is 31.1 Å². The second-order valence-corrected chi connectivity index (χ2v) is 28.7. The van der Waals surface area contributed by atoms with Gasteiger partial charge in [0, 0.05) is 6.54 Å². The number of rotatable bonds is 7. The average molecular weight is 506 g/mol. The van der Waals surface area contributed by atoms with Crippen molar-refractivity contribution in [3.63, 3.8) is 0 Å². The van der Waals surface area contributed by atoms with Gasteiger partial charge in [0.05, 0.1) is 24.9 Å². The van der Waals surface area contributed by atoms with Crippen molar-refractivity contribution in [1.82, 2.24) is 5.32 Å². The first-order valence-electron chi connectivity index (χ1n) is 12.3. The molecular weight excluding hydrogens is 451 g/mol. The van der Waals surface area contributed by atoms with Crippen molar-refractivity contribution in [2.75, 3.05) is 13.2 Å². The summed E-state index contributed by atoms with van der Waals surface area (Å²) in [6, 6.07) is -0.0486. The number of hydrogen-bond donors (Lipinski definition) is 2. The fraction of sp³-hybridized carbons (Fsp3) is 1.00. The van der Waals surface area contributed by atoms with Crippen molar-refractivity contribution in [3.05, 3.63) is 0 Å². The van der Waals surface area contributed by atoms with Gasteiger partial charge in [-0.1, -0.05) is 62.3 Å². The largest absolute Gasteiger partial charge is 0.415 e. The van der Waals surface area contributed by atoms with Crippen molar-refractivity contribution < 1.29 is 18.4 Å². The van der Waals surface area contributed by atoms with E-state index in [0.29, 0.717) is 13.2 Å². The first kappa shape index (κ1) is 30.5. The SMILES string of the molecule is CC(C)(C)[Si](C)(C)OC[C@H]1NC[C@H](O[Si](C)(C)C(C)(C)C)[C@@H](O)[C@@H]1O[Si](C)(C)C(C)(C)C. The zero-order valence-corrected chi connectivity index (χ0v) is 26.9. The summed E-state index contributed by atoms with van der Waals surface area (Å²) in [6.45, 7) is 34.9. The second kappa shape index (κ2) is 9.84. The minimum absolute atomic E-state index is 0.0486. The minimum Gasteiger partial charge on any atom is -0.415 e. The van der Waals surface area contributed by atoms with Crippen LogP contribution in [0.4, 0.5) is 0 Å². The van der Waals surface area contributed by atoms with Crippen molar-refractivity contribution in [2.45, 2.75) is 141 Å². The highest BCUT2D eigenvalue weighted by atomic mass is 28.4. The summed E-state index contributed by atoms with van der Waals surface area (Å²) in [4.78, 5) is 0. The second-order valence-electron chi connectivity index (χ2n) is 14.3. The predicted octanol–water partition coefficient (Wildman–Crippen LogP) is 6.12. The van der Waals surface area contributed by atoms with Crippen LogP contribution in [0.15, 0.2) is 0 Å². The van der Waals surface area contributed by atoms with Crippen LogP contribution in [0.1, 0.15) is 62.3 Å². The Morgan fingerprint density at radius 3 is 1.53 bits per heavy atom. The van der Waals surface area contributed by atoms with Crippen molar-refractivity contribution in [3.8, 4) is 0 Å². The van der Waals surface area contributed by atoms with Crippen LogP contribution in [0.25, 0.3) is 0 Å². The summed E-state index contributed by atoms with van der Waals surface area (Å²) in [5, 5.41) is 15.5. The lowest BCUT2D eigenvalue weighted by atomic mass is 9.97. The maximum atomic E-state index is 11.6. The normalized spacial score (nSPS) is 27.0. The van der Waals surface area contributed by atoms with E-state index in [4.69, 9.17) is 13.3 Å². The molecule has 1 aliphatic rings. The van der Waals surface area contributed by atoms with Crippen LogP contribution >= 0.6 is 0 Å². The van der Waals surface area contributed by atoms with E-state index in [1.165, 1.54) is 0 Å². The summed E-state index contributed by atoms with van der Waals surface area (Å²) in [5.74, 6) is 0. The van der Waals surface area contributed by atoms with E-state index in [0.717, 1.165) is 0 Å². The molecular formula is C24H55NO4Si3. The molecule has 0 amide bonds. The maximum absolute atomic E-state index is 11.6. The van der Waals surface area contributed by atoms with Gasteiger partial charge in [0.25, 0.3) is 0 Å². The van der Waals surface area contributed by atoms with Crippen LogP contribution in [-0.2, 0) is 13.3 Å². The number of aliphatic hydroxyl groups excluding tert-OH is 1. The molecule has 0 aromatic rings. The third-order valence-electron chi connectivity index (χ3n) is 8.61. The highest BCUT2D eigenvalue weighted by Gasteiger charge is 2.49. The van der Waals surface area contributed by atoms with Gasteiger partial charge in [0.1, 0.15) is 6.10 Å². The molecule has 32 heavy (non-hydrogen) atoms. The van der Waals surface area contributed by atoms with Gasteiger partial charge >= 0.3 is 0 Å². The van der Waals surface area contributed by atoms with E-state index in [1.54, 1.807) is 0 Å².